The number of aromatic nitrogens is 2. The summed E-state index contributed by atoms with van der Waals surface area (Å²) in [5, 5.41) is 14.0. The first-order valence-corrected chi connectivity index (χ1v) is 10.4. The fourth-order valence-corrected chi connectivity index (χ4v) is 3.93. The van der Waals surface area contributed by atoms with E-state index < -0.39 is 0 Å². The maximum absolute atomic E-state index is 13.3. The van der Waals surface area contributed by atoms with Gasteiger partial charge in [-0.3, -0.25) is 4.79 Å². The smallest absolute Gasteiger partial charge is 0.257 e. The molecule has 1 aliphatic heterocycles. The van der Waals surface area contributed by atoms with Gasteiger partial charge in [-0.25, -0.2) is 4.68 Å². The maximum Gasteiger partial charge on any atom is 0.257 e. The van der Waals surface area contributed by atoms with Crippen LogP contribution in [-0.4, -0.2) is 38.8 Å². The van der Waals surface area contributed by atoms with Gasteiger partial charge in [0.15, 0.2) is 0 Å². The van der Waals surface area contributed by atoms with Crippen molar-refractivity contribution < 1.29 is 9.90 Å². The molecule has 3 aromatic rings. The normalized spacial score (nSPS) is 14.1. The van der Waals surface area contributed by atoms with Crippen molar-refractivity contribution in [2.75, 3.05) is 13.1 Å². The molecule has 1 aromatic heterocycles. The zero-order valence-electron chi connectivity index (χ0n) is 17.7. The molecule has 4 rings (SSSR count). The first-order valence-electron chi connectivity index (χ1n) is 10.4. The number of carbonyl (C=O) groups excluding carboxylic acids is 1. The minimum Gasteiger partial charge on any atom is -0.508 e. The predicted molar refractivity (Wildman–Crippen MR) is 119 cm³/mol. The largest absolute Gasteiger partial charge is 0.508 e. The zero-order valence-corrected chi connectivity index (χ0v) is 17.7. The van der Waals surface area contributed by atoms with Crippen LogP contribution in [0.2, 0.25) is 0 Å². The molecule has 0 radical (unpaired) electrons. The van der Waals surface area contributed by atoms with E-state index in [-0.39, 0.29) is 17.6 Å². The lowest BCUT2D eigenvalue weighted by Gasteiger charge is -2.27. The monoisotopic (exact) mass is 401 g/mol. The molecule has 1 N–H and O–H groups in total. The molecule has 0 saturated carbocycles. The zero-order chi connectivity index (χ0) is 21.3. The Morgan fingerprint density at radius 2 is 1.77 bits per heavy atom. The summed E-state index contributed by atoms with van der Waals surface area (Å²) in [5.41, 5.74) is 6.08. The van der Waals surface area contributed by atoms with Crippen LogP contribution >= 0.6 is 0 Å². The maximum atomic E-state index is 13.3. The highest BCUT2D eigenvalue weighted by atomic mass is 16.3. The molecule has 1 amide bonds. The highest BCUT2D eigenvalue weighted by Gasteiger charge is 2.26. The fraction of sp³-hybridized carbons (Fsp3) is 0.280. The van der Waals surface area contributed by atoms with Crippen LogP contribution in [0.1, 0.15) is 53.4 Å². The van der Waals surface area contributed by atoms with Gasteiger partial charge >= 0.3 is 0 Å². The number of phenols is 1. The number of aromatic hydroxyl groups is 1. The highest BCUT2D eigenvalue weighted by molar-refractivity contribution is 5.96. The van der Waals surface area contributed by atoms with E-state index in [0.29, 0.717) is 18.7 Å². The number of benzene rings is 2. The van der Waals surface area contributed by atoms with E-state index in [4.69, 9.17) is 0 Å². The predicted octanol–water partition coefficient (Wildman–Crippen LogP) is 4.94. The summed E-state index contributed by atoms with van der Waals surface area (Å²) < 4.78 is 1.89. The third kappa shape index (κ3) is 3.88. The van der Waals surface area contributed by atoms with Gasteiger partial charge in [0.05, 0.1) is 23.1 Å². The standard InChI is InChI=1S/C25H27N3O2/c1-17(2)24-23(16-26-28(24)21-8-4-18(3)5-9-21)25(30)27-14-12-20(13-15-27)19-6-10-22(29)11-7-19/h4-12,16-17,29H,13-15H2,1-3H3. The Kier molecular flexibility index (Phi) is 5.44. The van der Waals surface area contributed by atoms with Crippen LogP contribution < -0.4 is 0 Å². The molecule has 0 spiro atoms. The number of phenolic OH excluding ortho intramolecular Hbond substituents is 1. The third-order valence-corrected chi connectivity index (χ3v) is 5.60. The molecule has 154 valence electrons. The molecule has 0 aliphatic carbocycles. The van der Waals surface area contributed by atoms with Crippen LogP contribution in [0.5, 0.6) is 5.75 Å². The molecule has 2 heterocycles. The van der Waals surface area contributed by atoms with E-state index in [0.717, 1.165) is 23.4 Å². The molecule has 0 atom stereocenters. The lowest BCUT2D eigenvalue weighted by molar-refractivity contribution is 0.0771. The minimum atomic E-state index is 0.0260. The second kappa shape index (κ2) is 8.19. The van der Waals surface area contributed by atoms with Gasteiger partial charge < -0.3 is 10.0 Å². The number of carbonyl (C=O) groups is 1. The number of nitrogens with zero attached hydrogens (tertiary/aromatic N) is 3. The molecule has 5 nitrogen and oxygen atoms in total. The summed E-state index contributed by atoms with van der Waals surface area (Å²) in [6, 6.07) is 15.4. The Labute approximate surface area is 177 Å². The molecule has 0 saturated heterocycles. The molecule has 0 bridgehead atoms. The van der Waals surface area contributed by atoms with Crippen LogP contribution in [0.15, 0.2) is 60.8 Å². The van der Waals surface area contributed by atoms with Gasteiger partial charge in [-0.05, 0) is 54.7 Å². The molecule has 5 heteroatoms. The minimum absolute atomic E-state index is 0.0260. The number of amides is 1. The Hall–Kier alpha value is -3.34. The number of aryl methyl sites for hydroxylation is 1. The second-order valence-electron chi connectivity index (χ2n) is 8.12. The Bertz CT molecular complexity index is 1080. The molecular weight excluding hydrogens is 374 g/mol. The van der Waals surface area contributed by atoms with E-state index in [1.165, 1.54) is 11.1 Å². The van der Waals surface area contributed by atoms with E-state index in [9.17, 15) is 9.90 Å². The average Bonchev–Trinajstić information content (AvgIpc) is 3.20. The van der Waals surface area contributed by atoms with Gasteiger partial charge in [-0.2, -0.15) is 5.10 Å². The van der Waals surface area contributed by atoms with Crippen molar-refractivity contribution in [2.24, 2.45) is 0 Å². The topological polar surface area (TPSA) is 58.4 Å². The van der Waals surface area contributed by atoms with Crippen LogP contribution in [-0.2, 0) is 0 Å². The Morgan fingerprint density at radius 1 is 1.07 bits per heavy atom. The lowest BCUT2D eigenvalue weighted by Crippen LogP contribution is -2.35. The third-order valence-electron chi connectivity index (χ3n) is 5.60. The number of rotatable bonds is 4. The average molecular weight is 402 g/mol. The first-order chi connectivity index (χ1) is 14.4. The summed E-state index contributed by atoms with van der Waals surface area (Å²) >= 11 is 0. The van der Waals surface area contributed by atoms with Gasteiger partial charge in [0.1, 0.15) is 5.75 Å². The van der Waals surface area contributed by atoms with Gasteiger partial charge in [0.25, 0.3) is 5.91 Å². The van der Waals surface area contributed by atoms with E-state index in [2.05, 4.69) is 44.1 Å². The summed E-state index contributed by atoms with van der Waals surface area (Å²) in [6.45, 7) is 7.48. The van der Waals surface area contributed by atoms with E-state index in [1.54, 1.807) is 18.3 Å². The van der Waals surface area contributed by atoms with Crippen molar-refractivity contribution in [3.8, 4) is 11.4 Å². The fourth-order valence-electron chi connectivity index (χ4n) is 3.93. The van der Waals surface area contributed by atoms with Crippen molar-refractivity contribution in [2.45, 2.75) is 33.1 Å². The molecule has 0 unspecified atom stereocenters. The first kappa shape index (κ1) is 20.0. The van der Waals surface area contributed by atoms with Crippen LogP contribution in [0, 0.1) is 6.92 Å². The van der Waals surface area contributed by atoms with Gasteiger partial charge in [0.2, 0.25) is 0 Å². The van der Waals surface area contributed by atoms with Gasteiger partial charge in [-0.1, -0.05) is 49.8 Å². The van der Waals surface area contributed by atoms with Crippen molar-refractivity contribution in [3.05, 3.63) is 83.2 Å². The summed E-state index contributed by atoms with van der Waals surface area (Å²) in [7, 11) is 0. The summed E-state index contributed by atoms with van der Waals surface area (Å²) in [4.78, 5) is 15.2. The number of hydrogen-bond acceptors (Lipinski definition) is 3. The van der Waals surface area contributed by atoms with Crippen LogP contribution in [0.4, 0.5) is 0 Å². The molecule has 0 fully saturated rings. The van der Waals surface area contributed by atoms with Gasteiger partial charge in [0, 0.05) is 13.1 Å². The second-order valence-corrected chi connectivity index (χ2v) is 8.12. The lowest BCUT2D eigenvalue weighted by atomic mass is 9.98. The molecular formula is C25H27N3O2. The highest BCUT2D eigenvalue weighted by Crippen LogP contribution is 2.28. The van der Waals surface area contributed by atoms with E-state index in [1.807, 2.05) is 33.8 Å². The van der Waals surface area contributed by atoms with Crippen molar-refractivity contribution in [1.29, 1.82) is 0 Å². The quantitative estimate of drug-likeness (QED) is 0.674. The van der Waals surface area contributed by atoms with Crippen LogP contribution in [0.3, 0.4) is 0 Å². The SMILES string of the molecule is Cc1ccc(-n2ncc(C(=O)N3CC=C(c4ccc(O)cc4)CC3)c2C(C)C)cc1. The molecule has 30 heavy (non-hydrogen) atoms. The molecule has 2 aromatic carbocycles. The van der Waals surface area contributed by atoms with Crippen molar-refractivity contribution in [3.63, 3.8) is 0 Å². The molecule has 1 aliphatic rings. The van der Waals surface area contributed by atoms with Crippen LogP contribution in [0.25, 0.3) is 11.3 Å². The summed E-state index contributed by atoms with van der Waals surface area (Å²) in [6.07, 6.45) is 4.60. The van der Waals surface area contributed by atoms with Crippen molar-refractivity contribution >= 4 is 11.5 Å². The van der Waals surface area contributed by atoms with Gasteiger partial charge in [-0.15, -0.1) is 0 Å². The van der Waals surface area contributed by atoms with E-state index >= 15 is 0 Å². The Balaban J connectivity index is 1.58. The number of hydrogen-bond donors (Lipinski definition) is 1. The Morgan fingerprint density at radius 3 is 2.37 bits per heavy atom. The summed E-state index contributed by atoms with van der Waals surface area (Å²) in [5.74, 6) is 0.456. The van der Waals surface area contributed by atoms with Crippen molar-refractivity contribution in [1.82, 2.24) is 14.7 Å².